The van der Waals surface area contributed by atoms with Crippen molar-refractivity contribution in [1.29, 1.82) is 0 Å². The number of hydrogen-bond acceptors (Lipinski definition) is 5. The van der Waals surface area contributed by atoms with Gasteiger partial charge in [-0.1, -0.05) is 41.0 Å². The number of rotatable bonds is 2. The molecule has 0 spiro atoms. The molecule has 138 valence electrons. The van der Waals surface area contributed by atoms with Gasteiger partial charge in [0.1, 0.15) is 23.2 Å². The van der Waals surface area contributed by atoms with Crippen LogP contribution in [0.15, 0.2) is 21.3 Å². The predicted octanol–water partition coefficient (Wildman–Crippen LogP) is 4.86. The van der Waals surface area contributed by atoms with E-state index in [1.807, 2.05) is 34.6 Å². The lowest BCUT2D eigenvalue weighted by molar-refractivity contribution is 0.0871. The highest BCUT2D eigenvalue weighted by Crippen LogP contribution is 2.40. The Morgan fingerprint density at radius 3 is 2.40 bits per heavy atom. The smallest absolute Gasteiger partial charge is 0.336 e. The quantitative estimate of drug-likeness (QED) is 0.785. The molecule has 1 aliphatic heterocycles. The minimum absolute atomic E-state index is 0.0298. The molecule has 2 heterocycles. The zero-order valence-electron chi connectivity index (χ0n) is 15.9. The van der Waals surface area contributed by atoms with Crippen molar-refractivity contribution in [2.75, 3.05) is 0 Å². The summed E-state index contributed by atoms with van der Waals surface area (Å²) in [7, 11) is 0. The molecule has 5 heteroatoms. The van der Waals surface area contributed by atoms with Crippen LogP contribution in [0.5, 0.6) is 11.5 Å². The lowest BCUT2D eigenvalue weighted by atomic mass is 9.95. The SMILES string of the molecule is CC.CC.CCCc1cc(=O)oc2c3c(cc(O)c12)O[C@H](C)CC3=O. The Morgan fingerprint density at radius 1 is 1.16 bits per heavy atom. The van der Waals surface area contributed by atoms with Gasteiger partial charge in [-0.2, -0.15) is 0 Å². The third kappa shape index (κ3) is 4.21. The van der Waals surface area contributed by atoms with E-state index in [0.717, 1.165) is 6.42 Å². The van der Waals surface area contributed by atoms with E-state index in [4.69, 9.17) is 9.15 Å². The van der Waals surface area contributed by atoms with Crippen LogP contribution in [0.2, 0.25) is 0 Å². The Hall–Kier alpha value is -2.30. The number of carbonyl (C=O) groups is 1. The number of phenols is 1. The van der Waals surface area contributed by atoms with Crippen molar-refractivity contribution in [2.45, 2.75) is 66.9 Å². The van der Waals surface area contributed by atoms with Crippen molar-refractivity contribution in [3.8, 4) is 11.5 Å². The summed E-state index contributed by atoms with van der Waals surface area (Å²) in [6.45, 7) is 11.8. The van der Waals surface area contributed by atoms with Crippen LogP contribution in [-0.4, -0.2) is 17.0 Å². The number of aromatic hydroxyl groups is 1. The van der Waals surface area contributed by atoms with Crippen LogP contribution < -0.4 is 10.4 Å². The van der Waals surface area contributed by atoms with E-state index >= 15 is 0 Å². The molecule has 25 heavy (non-hydrogen) atoms. The van der Waals surface area contributed by atoms with Gasteiger partial charge < -0.3 is 14.3 Å². The minimum atomic E-state index is -0.523. The fraction of sp³-hybridized carbons (Fsp3) is 0.500. The van der Waals surface area contributed by atoms with Gasteiger partial charge in [-0.25, -0.2) is 4.79 Å². The Morgan fingerprint density at radius 2 is 1.80 bits per heavy atom. The molecule has 0 bridgehead atoms. The second kappa shape index (κ2) is 9.25. The van der Waals surface area contributed by atoms with Gasteiger partial charge in [-0.3, -0.25) is 4.79 Å². The topological polar surface area (TPSA) is 76.7 Å². The number of aryl methyl sites for hydroxylation is 1. The van der Waals surface area contributed by atoms with Crippen molar-refractivity contribution >= 4 is 16.8 Å². The summed E-state index contributed by atoms with van der Waals surface area (Å²) in [6, 6.07) is 2.80. The van der Waals surface area contributed by atoms with Crippen LogP contribution in [0.1, 0.15) is 70.3 Å². The third-order valence-corrected chi connectivity index (χ3v) is 3.64. The monoisotopic (exact) mass is 348 g/mol. The Bertz CT molecular complexity index is 789. The normalized spacial score (nSPS) is 15.3. The van der Waals surface area contributed by atoms with Gasteiger partial charge in [-0.15, -0.1) is 0 Å². The van der Waals surface area contributed by atoms with Crippen molar-refractivity contribution in [1.82, 2.24) is 0 Å². The first-order valence-electron chi connectivity index (χ1n) is 9.03. The molecule has 0 saturated carbocycles. The van der Waals surface area contributed by atoms with E-state index < -0.39 is 5.63 Å². The molecule has 1 aromatic carbocycles. The first-order chi connectivity index (χ1) is 12.0. The van der Waals surface area contributed by atoms with E-state index in [9.17, 15) is 14.7 Å². The molecule has 2 aromatic rings. The number of ketones is 1. The highest BCUT2D eigenvalue weighted by molar-refractivity contribution is 6.11. The average Bonchev–Trinajstić information content (AvgIpc) is 2.57. The second-order valence-electron chi connectivity index (χ2n) is 5.37. The molecule has 0 unspecified atom stereocenters. The molecule has 0 fully saturated rings. The molecule has 5 nitrogen and oxygen atoms in total. The fourth-order valence-corrected chi connectivity index (χ4v) is 2.82. The number of hydrogen-bond donors (Lipinski definition) is 1. The second-order valence-corrected chi connectivity index (χ2v) is 5.37. The Balaban J connectivity index is 0.000000730. The van der Waals surface area contributed by atoms with Gasteiger partial charge in [0, 0.05) is 18.6 Å². The van der Waals surface area contributed by atoms with Crippen LogP contribution in [0.4, 0.5) is 0 Å². The first-order valence-corrected chi connectivity index (χ1v) is 9.03. The van der Waals surface area contributed by atoms with Crippen molar-refractivity contribution in [2.24, 2.45) is 0 Å². The van der Waals surface area contributed by atoms with E-state index in [2.05, 4.69) is 0 Å². The van der Waals surface area contributed by atoms with Gasteiger partial charge >= 0.3 is 5.63 Å². The van der Waals surface area contributed by atoms with Gasteiger partial charge in [0.2, 0.25) is 0 Å². The number of carbonyl (C=O) groups excluding carboxylic acids is 1. The summed E-state index contributed by atoms with van der Waals surface area (Å²) >= 11 is 0. The molecule has 1 aliphatic rings. The molecule has 1 N–H and O–H groups in total. The van der Waals surface area contributed by atoms with Crippen LogP contribution in [0, 0.1) is 0 Å². The lowest BCUT2D eigenvalue weighted by Crippen LogP contribution is -2.24. The molecule has 0 aliphatic carbocycles. The molecular weight excluding hydrogens is 320 g/mol. The molecular formula is C20H28O5. The zero-order chi connectivity index (χ0) is 19.1. The predicted molar refractivity (Wildman–Crippen MR) is 99.9 cm³/mol. The highest BCUT2D eigenvalue weighted by Gasteiger charge is 2.29. The lowest BCUT2D eigenvalue weighted by Gasteiger charge is -2.23. The molecule has 1 atom stereocenters. The number of benzene rings is 1. The van der Waals surface area contributed by atoms with Crippen LogP contribution in [0.25, 0.3) is 11.0 Å². The minimum Gasteiger partial charge on any atom is -0.507 e. The summed E-state index contributed by atoms with van der Waals surface area (Å²) in [5.74, 6) is 0.115. The molecule has 0 amide bonds. The Kier molecular flexibility index (Phi) is 7.68. The zero-order valence-corrected chi connectivity index (χ0v) is 15.9. The van der Waals surface area contributed by atoms with E-state index in [0.29, 0.717) is 17.4 Å². The number of phenolic OH excluding ortho intramolecular Hbond substituents is 1. The summed E-state index contributed by atoms with van der Waals surface area (Å²) in [6.07, 6.45) is 1.41. The molecule has 0 radical (unpaired) electrons. The van der Waals surface area contributed by atoms with E-state index in [1.165, 1.54) is 12.1 Å². The third-order valence-electron chi connectivity index (χ3n) is 3.64. The number of fused-ring (bicyclic) bond motifs is 3. The summed E-state index contributed by atoms with van der Waals surface area (Å²) in [5, 5.41) is 10.7. The summed E-state index contributed by atoms with van der Waals surface area (Å²) in [5.41, 5.74) is 0.564. The van der Waals surface area contributed by atoms with Crippen LogP contribution in [-0.2, 0) is 6.42 Å². The highest BCUT2D eigenvalue weighted by atomic mass is 16.5. The largest absolute Gasteiger partial charge is 0.507 e. The van der Waals surface area contributed by atoms with Gasteiger partial charge in [0.25, 0.3) is 0 Å². The molecule has 3 rings (SSSR count). The van der Waals surface area contributed by atoms with E-state index in [-0.39, 0.29) is 41.0 Å². The number of ether oxygens (including phenoxy) is 1. The summed E-state index contributed by atoms with van der Waals surface area (Å²) < 4.78 is 10.8. The maximum absolute atomic E-state index is 12.3. The standard InChI is InChI=1S/C16H16O5.2C2H6/c1-3-4-9-6-13(19)21-16-14(9)11(18)7-12-15(16)10(17)5-8(2)20-12;2*1-2/h6-8,18H,3-5H2,1-2H3;2*1-2H3/t8-;;/m1../s1. The van der Waals surface area contributed by atoms with Crippen LogP contribution in [0.3, 0.4) is 0 Å². The van der Waals surface area contributed by atoms with Crippen LogP contribution >= 0.6 is 0 Å². The molecule has 1 aromatic heterocycles. The fourth-order valence-electron chi connectivity index (χ4n) is 2.82. The van der Waals surface area contributed by atoms with Crippen molar-refractivity contribution < 1.29 is 19.1 Å². The summed E-state index contributed by atoms with van der Waals surface area (Å²) in [4.78, 5) is 24.0. The average molecular weight is 348 g/mol. The van der Waals surface area contributed by atoms with E-state index in [1.54, 1.807) is 6.92 Å². The van der Waals surface area contributed by atoms with Gasteiger partial charge in [-0.05, 0) is 18.9 Å². The van der Waals surface area contributed by atoms with Crippen molar-refractivity contribution in [3.05, 3.63) is 33.7 Å². The molecule has 0 saturated heterocycles. The van der Waals surface area contributed by atoms with Gasteiger partial charge in [0.05, 0.1) is 5.39 Å². The Labute approximate surface area is 148 Å². The van der Waals surface area contributed by atoms with Gasteiger partial charge in [0.15, 0.2) is 11.4 Å². The maximum atomic E-state index is 12.3. The maximum Gasteiger partial charge on any atom is 0.336 e. The first kappa shape index (κ1) is 20.7. The number of Topliss-reactive ketones (excluding diaryl/α,β-unsaturated/α-hetero) is 1. The van der Waals surface area contributed by atoms with Crippen molar-refractivity contribution in [3.63, 3.8) is 0 Å².